The van der Waals surface area contributed by atoms with E-state index in [-0.39, 0.29) is 12.1 Å². The first-order valence-corrected chi connectivity index (χ1v) is 5.53. The molecule has 8 nitrogen and oxygen atoms in total. The van der Waals surface area contributed by atoms with Crippen LogP contribution in [0.5, 0.6) is 5.75 Å². The summed E-state index contributed by atoms with van der Waals surface area (Å²) >= 11 is 0. The summed E-state index contributed by atoms with van der Waals surface area (Å²) in [6, 6.07) is 0.367. The van der Waals surface area contributed by atoms with Crippen LogP contribution in [0.3, 0.4) is 0 Å². The van der Waals surface area contributed by atoms with E-state index in [1.165, 1.54) is 14.1 Å². The maximum absolute atomic E-state index is 13.7. The van der Waals surface area contributed by atoms with Crippen LogP contribution in [0, 0.1) is 26.0 Å². The molecule has 0 bridgehead atoms. The summed E-state index contributed by atoms with van der Waals surface area (Å²) in [4.78, 5) is 19.8. The van der Waals surface area contributed by atoms with Crippen molar-refractivity contribution in [3.63, 3.8) is 0 Å². The maximum Gasteiger partial charge on any atom is 0.441 e. The smallest absolute Gasteiger partial charge is 0.420 e. The van der Waals surface area contributed by atoms with Crippen LogP contribution in [0.1, 0.15) is 0 Å². The zero-order valence-corrected chi connectivity index (χ0v) is 11.4. The molecule has 0 saturated heterocycles. The normalized spacial score (nSPS) is 11.0. The molecule has 0 unspecified atom stereocenters. The van der Waals surface area contributed by atoms with E-state index >= 15 is 0 Å². The van der Waals surface area contributed by atoms with Gasteiger partial charge in [0, 0.05) is 20.2 Å². The predicted octanol–water partition coefficient (Wildman–Crippen LogP) is 2.69. The van der Waals surface area contributed by atoms with Crippen molar-refractivity contribution in [2.24, 2.45) is 0 Å². The molecule has 0 spiro atoms. The van der Waals surface area contributed by atoms with E-state index in [1.54, 1.807) is 0 Å². The van der Waals surface area contributed by atoms with Crippen molar-refractivity contribution in [3.05, 3.63) is 50.5 Å². The standard InChI is InChI=1S/C11H10F3N3O5/c1-6(15(2)3)11(13,14)22-10-4-7(12)8(16(18)19)5-9(10)17(20)21/h4-5H,1H2,2-3H3. The second-order valence-corrected chi connectivity index (χ2v) is 4.25. The molecule has 0 atom stereocenters. The Bertz CT molecular complexity index is 648. The Hall–Kier alpha value is -2.85. The summed E-state index contributed by atoms with van der Waals surface area (Å²) in [5.41, 5.74) is -3.24. The second-order valence-electron chi connectivity index (χ2n) is 4.25. The average Bonchev–Trinajstić information content (AvgIpc) is 2.36. The molecule has 22 heavy (non-hydrogen) atoms. The third kappa shape index (κ3) is 3.42. The van der Waals surface area contributed by atoms with Crippen molar-refractivity contribution in [2.45, 2.75) is 6.11 Å². The van der Waals surface area contributed by atoms with Gasteiger partial charge < -0.3 is 9.64 Å². The van der Waals surface area contributed by atoms with Crippen LogP contribution in [-0.2, 0) is 0 Å². The predicted molar refractivity (Wildman–Crippen MR) is 68.1 cm³/mol. The van der Waals surface area contributed by atoms with Crippen LogP contribution >= 0.6 is 0 Å². The summed E-state index contributed by atoms with van der Waals surface area (Å²) in [6.45, 7) is 3.04. The Kier molecular flexibility index (Phi) is 4.59. The van der Waals surface area contributed by atoms with E-state index in [1.807, 2.05) is 0 Å². The molecule has 0 aromatic heterocycles. The van der Waals surface area contributed by atoms with E-state index in [0.29, 0.717) is 0 Å². The molecule has 120 valence electrons. The van der Waals surface area contributed by atoms with Crippen LogP contribution in [-0.4, -0.2) is 35.0 Å². The van der Waals surface area contributed by atoms with E-state index in [0.717, 1.165) is 4.90 Å². The lowest BCUT2D eigenvalue weighted by Gasteiger charge is -2.24. The van der Waals surface area contributed by atoms with E-state index in [2.05, 4.69) is 11.3 Å². The summed E-state index contributed by atoms with van der Waals surface area (Å²) in [5, 5.41) is 21.3. The average molecular weight is 321 g/mol. The van der Waals surface area contributed by atoms with Gasteiger partial charge in [0.1, 0.15) is 11.8 Å². The van der Waals surface area contributed by atoms with Crippen molar-refractivity contribution < 1.29 is 27.8 Å². The highest BCUT2D eigenvalue weighted by Gasteiger charge is 2.40. The van der Waals surface area contributed by atoms with E-state index in [9.17, 15) is 33.4 Å². The van der Waals surface area contributed by atoms with Crippen LogP contribution < -0.4 is 4.74 Å². The van der Waals surface area contributed by atoms with Crippen molar-refractivity contribution >= 4 is 11.4 Å². The molecular formula is C11H10F3N3O5. The Morgan fingerprint density at radius 3 is 2.14 bits per heavy atom. The van der Waals surface area contributed by atoms with E-state index in [4.69, 9.17) is 0 Å². The van der Waals surface area contributed by atoms with Crippen LogP contribution in [0.4, 0.5) is 24.5 Å². The third-order valence-corrected chi connectivity index (χ3v) is 2.54. The Labute approximate surface area is 121 Å². The summed E-state index contributed by atoms with van der Waals surface area (Å²) in [6.07, 6.45) is -4.07. The van der Waals surface area contributed by atoms with Gasteiger partial charge >= 0.3 is 17.5 Å². The molecule has 0 radical (unpaired) electrons. The molecule has 0 saturated carbocycles. The molecule has 0 aliphatic heterocycles. The van der Waals surface area contributed by atoms with Gasteiger partial charge in [-0.1, -0.05) is 6.58 Å². The fourth-order valence-electron chi connectivity index (χ4n) is 1.35. The number of alkyl halides is 2. The van der Waals surface area contributed by atoms with Crippen molar-refractivity contribution in [2.75, 3.05) is 14.1 Å². The number of nitro groups is 2. The van der Waals surface area contributed by atoms with Gasteiger partial charge in [-0.2, -0.15) is 13.2 Å². The zero-order chi connectivity index (χ0) is 17.2. The van der Waals surface area contributed by atoms with Crippen molar-refractivity contribution in [1.82, 2.24) is 4.90 Å². The van der Waals surface area contributed by atoms with Crippen molar-refractivity contribution in [3.8, 4) is 5.75 Å². The number of nitrogens with zero attached hydrogens (tertiary/aromatic N) is 3. The number of rotatable bonds is 6. The highest BCUT2D eigenvalue weighted by Crippen LogP contribution is 2.38. The maximum atomic E-state index is 13.7. The molecule has 0 amide bonds. The summed E-state index contributed by atoms with van der Waals surface area (Å²) in [5.74, 6) is -2.70. The fourth-order valence-corrected chi connectivity index (χ4v) is 1.35. The monoisotopic (exact) mass is 321 g/mol. The minimum absolute atomic E-state index is 0.160. The lowest BCUT2D eigenvalue weighted by molar-refractivity contribution is -0.397. The quantitative estimate of drug-likeness (QED) is 0.590. The SMILES string of the molecule is C=C(N(C)C)C(F)(F)Oc1cc(F)c([N+](=O)[O-])cc1[N+](=O)[O-]. The molecular weight excluding hydrogens is 311 g/mol. The number of halogens is 3. The summed E-state index contributed by atoms with van der Waals surface area (Å²) in [7, 11) is 2.45. The number of nitro benzene ring substituents is 2. The second kappa shape index (κ2) is 5.87. The van der Waals surface area contributed by atoms with Gasteiger partial charge in [0.2, 0.25) is 11.6 Å². The topological polar surface area (TPSA) is 98.8 Å². The Morgan fingerprint density at radius 2 is 1.73 bits per heavy atom. The number of hydrogen-bond acceptors (Lipinski definition) is 6. The number of benzene rings is 1. The van der Waals surface area contributed by atoms with Crippen LogP contribution in [0.25, 0.3) is 0 Å². The molecule has 0 aliphatic carbocycles. The molecule has 0 heterocycles. The Morgan fingerprint density at radius 1 is 1.23 bits per heavy atom. The fraction of sp³-hybridized carbons (Fsp3) is 0.273. The van der Waals surface area contributed by atoms with Crippen LogP contribution in [0.2, 0.25) is 0 Å². The van der Waals surface area contributed by atoms with Gasteiger partial charge in [-0.05, 0) is 0 Å². The first kappa shape index (κ1) is 17.2. The Balaban J connectivity index is 3.36. The van der Waals surface area contributed by atoms with Crippen molar-refractivity contribution in [1.29, 1.82) is 0 Å². The van der Waals surface area contributed by atoms with Gasteiger partial charge in [-0.3, -0.25) is 20.2 Å². The van der Waals surface area contributed by atoms with Gasteiger partial charge in [0.15, 0.2) is 0 Å². The van der Waals surface area contributed by atoms with E-state index < -0.39 is 44.6 Å². The number of likely N-dealkylation sites (N-methyl/N-ethyl adjacent to an activating group) is 1. The molecule has 1 aromatic carbocycles. The van der Waals surface area contributed by atoms with Gasteiger partial charge in [0.25, 0.3) is 0 Å². The number of ether oxygens (including phenoxy) is 1. The molecule has 11 heteroatoms. The van der Waals surface area contributed by atoms with Gasteiger partial charge in [-0.25, -0.2) is 0 Å². The zero-order valence-electron chi connectivity index (χ0n) is 11.4. The third-order valence-electron chi connectivity index (χ3n) is 2.54. The summed E-state index contributed by atoms with van der Waals surface area (Å²) < 4.78 is 45.1. The minimum atomic E-state index is -4.07. The number of hydrogen-bond donors (Lipinski definition) is 0. The minimum Gasteiger partial charge on any atom is -0.420 e. The van der Waals surface area contributed by atoms with Gasteiger partial charge in [-0.15, -0.1) is 0 Å². The first-order valence-electron chi connectivity index (χ1n) is 5.53. The first-order chi connectivity index (χ1) is 9.97. The lowest BCUT2D eigenvalue weighted by atomic mass is 10.2. The highest BCUT2D eigenvalue weighted by atomic mass is 19.3. The lowest BCUT2D eigenvalue weighted by Crippen LogP contribution is -2.34. The molecule has 0 aliphatic rings. The molecule has 0 fully saturated rings. The molecule has 0 N–H and O–H groups in total. The molecule has 1 aromatic rings. The highest BCUT2D eigenvalue weighted by molar-refractivity contribution is 5.54. The molecule has 1 rings (SSSR count). The largest absolute Gasteiger partial charge is 0.441 e. The van der Waals surface area contributed by atoms with Crippen LogP contribution in [0.15, 0.2) is 24.4 Å². The van der Waals surface area contributed by atoms with Gasteiger partial charge in [0.05, 0.1) is 9.85 Å².